The van der Waals surface area contributed by atoms with Gasteiger partial charge >= 0.3 is 0 Å². The number of aromatic amines is 1. The number of carbonyl (C=O) groups is 1. The number of aryl methyl sites for hydroxylation is 1. The van der Waals surface area contributed by atoms with Gasteiger partial charge in [-0.25, -0.2) is 4.98 Å². The molecule has 0 radical (unpaired) electrons. The molecule has 1 aromatic carbocycles. The van der Waals surface area contributed by atoms with Crippen LogP contribution in [0.4, 0.5) is 5.69 Å². The van der Waals surface area contributed by atoms with Crippen LogP contribution in [0.3, 0.4) is 0 Å². The first kappa shape index (κ1) is 14.3. The molecule has 0 bridgehead atoms. The summed E-state index contributed by atoms with van der Waals surface area (Å²) in [7, 11) is 0. The van der Waals surface area contributed by atoms with E-state index in [4.69, 9.17) is 4.42 Å². The summed E-state index contributed by atoms with van der Waals surface area (Å²) in [6, 6.07) is 7.12. The first-order valence-corrected chi connectivity index (χ1v) is 7.07. The van der Waals surface area contributed by atoms with Crippen molar-refractivity contribution in [1.29, 1.82) is 0 Å². The number of rotatable bonds is 2. The van der Waals surface area contributed by atoms with Crippen LogP contribution in [0.2, 0.25) is 0 Å². The number of carbonyl (C=O) groups excluding carboxylic acids is 1. The van der Waals surface area contributed by atoms with Crippen molar-refractivity contribution < 1.29 is 9.21 Å². The lowest BCUT2D eigenvalue weighted by Crippen LogP contribution is -2.13. The predicted octanol–water partition coefficient (Wildman–Crippen LogP) is 3.41. The summed E-state index contributed by atoms with van der Waals surface area (Å²) in [5.74, 6) is 0.340. The van der Waals surface area contributed by atoms with E-state index in [2.05, 4.69) is 41.3 Å². The average Bonchev–Trinajstić information content (AvgIpc) is 3.02. The smallest absolute Gasteiger partial charge is 0.276 e. The van der Waals surface area contributed by atoms with Gasteiger partial charge in [0.25, 0.3) is 5.91 Å². The highest BCUT2D eigenvalue weighted by atomic mass is 16.3. The first-order valence-electron chi connectivity index (χ1n) is 7.07. The maximum absolute atomic E-state index is 12.3. The number of amides is 1. The largest absolute Gasteiger partial charge is 0.441 e. The molecule has 0 aliphatic carbocycles. The molecule has 0 saturated carbocycles. The highest BCUT2D eigenvalue weighted by Crippen LogP contribution is 2.22. The van der Waals surface area contributed by atoms with Crippen molar-refractivity contribution in [3.05, 3.63) is 41.5 Å². The molecule has 2 aromatic heterocycles. The lowest BCUT2D eigenvalue weighted by Gasteiger charge is -2.14. The van der Waals surface area contributed by atoms with E-state index in [9.17, 15) is 4.79 Å². The zero-order valence-electron chi connectivity index (χ0n) is 13.0. The summed E-state index contributed by atoms with van der Waals surface area (Å²) in [6.07, 6.45) is 0. The second-order valence-electron chi connectivity index (χ2n) is 6.29. The molecule has 3 aromatic rings. The fourth-order valence-corrected chi connectivity index (χ4v) is 2.14. The quantitative estimate of drug-likeness (QED) is 0.759. The molecule has 0 aliphatic rings. The van der Waals surface area contributed by atoms with E-state index in [1.165, 1.54) is 0 Å². The van der Waals surface area contributed by atoms with Crippen LogP contribution in [0, 0.1) is 6.92 Å². The zero-order chi connectivity index (χ0) is 15.9. The van der Waals surface area contributed by atoms with Gasteiger partial charge < -0.3 is 9.73 Å². The molecular weight excluding hydrogens is 280 g/mol. The SMILES string of the molecule is Cc1nc2cc(NC(=O)c3cc(C(C)(C)C)[nH]n3)ccc2o1. The summed E-state index contributed by atoms with van der Waals surface area (Å²) in [4.78, 5) is 16.5. The van der Waals surface area contributed by atoms with Crippen LogP contribution in [-0.4, -0.2) is 21.1 Å². The van der Waals surface area contributed by atoms with Gasteiger partial charge in [0, 0.05) is 23.7 Å². The van der Waals surface area contributed by atoms with Crippen molar-refractivity contribution in [2.75, 3.05) is 5.32 Å². The van der Waals surface area contributed by atoms with E-state index in [1.807, 2.05) is 0 Å². The number of hydrogen-bond acceptors (Lipinski definition) is 4. The van der Waals surface area contributed by atoms with Crippen molar-refractivity contribution in [1.82, 2.24) is 15.2 Å². The van der Waals surface area contributed by atoms with Gasteiger partial charge in [-0.05, 0) is 24.3 Å². The Labute approximate surface area is 127 Å². The van der Waals surface area contributed by atoms with Gasteiger partial charge in [0.05, 0.1) is 0 Å². The Kier molecular flexibility index (Phi) is 3.24. The van der Waals surface area contributed by atoms with Crippen LogP contribution in [0.1, 0.15) is 42.8 Å². The Hall–Kier alpha value is -2.63. The van der Waals surface area contributed by atoms with Gasteiger partial charge in [0.15, 0.2) is 17.2 Å². The molecule has 0 unspecified atom stereocenters. The second kappa shape index (κ2) is 4.98. The molecule has 6 nitrogen and oxygen atoms in total. The molecule has 0 spiro atoms. The number of nitrogens with one attached hydrogen (secondary N) is 2. The van der Waals surface area contributed by atoms with Crippen LogP contribution in [0.25, 0.3) is 11.1 Å². The highest BCUT2D eigenvalue weighted by Gasteiger charge is 2.19. The summed E-state index contributed by atoms with van der Waals surface area (Å²) in [6.45, 7) is 7.96. The summed E-state index contributed by atoms with van der Waals surface area (Å²) >= 11 is 0. The van der Waals surface area contributed by atoms with E-state index in [-0.39, 0.29) is 11.3 Å². The fourth-order valence-electron chi connectivity index (χ4n) is 2.14. The number of H-pyrrole nitrogens is 1. The van der Waals surface area contributed by atoms with Crippen molar-refractivity contribution in [2.45, 2.75) is 33.1 Å². The maximum Gasteiger partial charge on any atom is 0.276 e. The minimum absolute atomic E-state index is 0.0807. The topological polar surface area (TPSA) is 83.8 Å². The van der Waals surface area contributed by atoms with E-state index in [1.54, 1.807) is 31.2 Å². The monoisotopic (exact) mass is 298 g/mol. The zero-order valence-corrected chi connectivity index (χ0v) is 13.0. The van der Waals surface area contributed by atoms with Crippen molar-refractivity contribution >= 4 is 22.7 Å². The van der Waals surface area contributed by atoms with Crippen LogP contribution >= 0.6 is 0 Å². The summed E-state index contributed by atoms with van der Waals surface area (Å²) in [5, 5.41) is 9.80. The number of fused-ring (bicyclic) bond motifs is 1. The molecule has 0 fully saturated rings. The Bertz CT molecular complexity index is 839. The molecule has 1 amide bonds. The number of hydrogen-bond donors (Lipinski definition) is 2. The lowest BCUT2D eigenvalue weighted by molar-refractivity contribution is 0.102. The number of aromatic nitrogens is 3. The number of oxazole rings is 1. The van der Waals surface area contributed by atoms with Gasteiger partial charge in [0.2, 0.25) is 0 Å². The normalized spacial score (nSPS) is 11.8. The number of nitrogens with zero attached hydrogens (tertiary/aromatic N) is 2. The van der Waals surface area contributed by atoms with E-state index in [0.717, 1.165) is 5.69 Å². The lowest BCUT2D eigenvalue weighted by atomic mass is 9.92. The fraction of sp³-hybridized carbons (Fsp3) is 0.312. The number of benzene rings is 1. The standard InChI is InChI=1S/C16H18N4O2/c1-9-17-11-7-10(5-6-13(11)22-9)18-15(21)12-8-14(20-19-12)16(2,3)4/h5-8H,1-4H3,(H,18,21)(H,19,20). The van der Waals surface area contributed by atoms with Gasteiger partial charge in [-0.15, -0.1) is 0 Å². The molecule has 0 atom stereocenters. The van der Waals surface area contributed by atoms with Crippen LogP contribution in [-0.2, 0) is 5.41 Å². The van der Waals surface area contributed by atoms with Crippen molar-refractivity contribution in [3.8, 4) is 0 Å². The molecule has 2 N–H and O–H groups in total. The molecular formula is C16H18N4O2. The predicted molar refractivity (Wildman–Crippen MR) is 84.0 cm³/mol. The molecule has 3 rings (SSSR count). The van der Waals surface area contributed by atoms with Crippen LogP contribution in [0.15, 0.2) is 28.7 Å². The highest BCUT2D eigenvalue weighted by molar-refractivity contribution is 6.03. The third kappa shape index (κ3) is 2.72. The molecule has 0 saturated heterocycles. The van der Waals surface area contributed by atoms with Gasteiger partial charge in [0.1, 0.15) is 5.52 Å². The molecule has 0 aliphatic heterocycles. The molecule has 114 valence electrons. The molecule has 6 heteroatoms. The summed E-state index contributed by atoms with van der Waals surface area (Å²) < 4.78 is 5.41. The van der Waals surface area contributed by atoms with Crippen LogP contribution in [0.5, 0.6) is 0 Å². The van der Waals surface area contributed by atoms with Gasteiger partial charge in [-0.3, -0.25) is 9.89 Å². The van der Waals surface area contributed by atoms with Gasteiger partial charge in [-0.1, -0.05) is 20.8 Å². The minimum atomic E-state index is -0.258. The Morgan fingerprint density at radius 2 is 2.05 bits per heavy atom. The van der Waals surface area contributed by atoms with Crippen molar-refractivity contribution in [3.63, 3.8) is 0 Å². The van der Waals surface area contributed by atoms with E-state index in [0.29, 0.717) is 28.4 Å². The Morgan fingerprint density at radius 1 is 1.27 bits per heavy atom. The summed E-state index contributed by atoms with van der Waals surface area (Å²) in [5.41, 5.74) is 3.27. The Balaban J connectivity index is 1.81. The first-order chi connectivity index (χ1) is 10.3. The van der Waals surface area contributed by atoms with E-state index >= 15 is 0 Å². The second-order valence-corrected chi connectivity index (χ2v) is 6.29. The molecule has 22 heavy (non-hydrogen) atoms. The third-order valence-corrected chi connectivity index (χ3v) is 3.37. The minimum Gasteiger partial charge on any atom is -0.441 e. The van der Waals surface area contributed by atoms with Crippen LogP contribution < -0.4 is 5.32 Å². The van der Waals surface area contributed by atoms with Crippen molar-refractivity contribution in [2.24, 2.45) is 0 Å². The average molecular weight is 298 g/mol. The Morgan fingerprint density at radius 3 is 2.73 bits per heavy atom. The third-order valence-electron chi connectivity index (χ3n) is 3.37. The van der Waals surface area contributed by atoms with Gasteiger partial charge in [-0.2, -0.15) is 5.10 Å². The van der Waals surface area contributed by atoms with E-state index < -0.39 is 0 Å². The number of anilines is 1. The molecule has 2 heterocycles. The maximum atomic E-state index is 12.3.